The fourth-order valence-electron chi connectivity index (χ4n) is 2.63. The van der Waals surface area contributed by atoms with Crippen LogP contribution in [0.4, 0.5) is 0 Å². The zero-order valence-electron chi connectivity index (χ0n) is 13.8. The highest BCUT2D eigenvalue weighted by atomic mass is 16.5. The van der Waals surface area contributed by atoms with Crippen molar-refractivity contribution in [1.29, 1.82) is 0 Å². The van der Waals surface area contributed by atoms with Crippen molar-refractivity contribution < 1.29 is 9.32 Å². The summed E-state index contributed by atoms with van der Waals surface area (Å²) in [6.07, 6.45) is 2.13. The van der Waals surface area contributed by atoms with E-state index in [0.717, 1.165) is 22.3 Å². The summed E-state index contributed by atoms with van der Waals surface area (Å²) in [5, 5.41) is 7.42. The van der Waals surface area contributed by atoms with Gasteiger partial charge < -0.3 is 14.8 Å². The first-order valence-electron chi connectivity index (χ1n) is 7.71. The number of carbonyl (C=O) groups excluding carboxylic acids is 1. The molecule has 0 atom stereocenters. The van der Waals surface area contributed by atoms with Crippen molar-refractivity contribution in [3.8, 4) is 0 Å². The monoisotopic (exact) mass is 326 g/mol. The Hall–Kier alpha value is -2.96. The lowest BCUT2D eigenvalue weighted by Crippen LogP contribution is -2.28. The zero-order valence-corrected chi connectivity index (χ0v) is 13.8. The predicted molar refractivity (Wildman–Crippen MR) is 88.9 cm³/mol. The molecule has 1 amide bonds. The average molecular weight is 326 g/mol. The predicted octanol–water partition coefficient (Wildman–Crippen LogP) is 2.02. The molecule has 0 unspecified atom stereocenters. The normalized spacial score (nSPS) is 11.0. The fourth-order valence-corrected chi connectivity index (χ4v) is 2.63. The van der Waals surface area contributed by atoms with E-state index < -0.39 is 0 Å². The van der Waals surface area contributed by atoms with Crippen LogP contribution in [-0.4, -0.2) is 21.0 Å². The number of hydrogen-bond donors (Lipinski definition) is 2. The van der Waals surface area contributed by atoms with Crippen LogP contribution in [0.25, 0.3) is 11.1 Å². The summed E-state index contributed by atoms with van der Waals surface area (Å²) in [6.45, 7) is 5.78. The Bertz CT molecular complexity index is 972. The van der Waals surface area contributed by atoms with E-state index in [0.29, 0.717) is 23.3 Å². The van der Waals surface area contributed by atoms with Crippen LogP contribution in [-0.2, 0) is 13.0 Å². The van der Waals surface area contributed by atoms with Gasteiger partial charge in [0.05, 0.1) is 16.6 Å². The number of carbonyl (C=O) groups is 1. The van der Waals surface area contributed by atoms with Crippen molar-refractivity contribution in [1.82, 2.24) is 20.4 Å². The van der Waals surface area contributed by atoms with Crippen LogP contribution in [0.3, 0.4) is 0 Å². The number of nitrogens with zero attached hydrogens (tertiary/aromatic N) is 2. The van der Waals surface area contributed by atoms with E-state index >= 15 is 0 Å². The molecule has 0 aliphatic carbocycles. The molecule has 3 aromatic heterocycles. The van der Waals surface area contributed by atoms with E-state index in [-0.39, 0.29) is 18.0 Å². The van der Waals surface area contributed by atoms with Crippen LogP contribution < -0.4 is 10.9 Å². The van der Waals surface area contributed by atoms with Gasteiger partial charge in [0.1, 0.15) is 0 Å². The molecule has 2 N–H and O–H groups in total. The Morgan fingerprint density at radius 2 is 2.12 bits per heavy atom. The van der Waals surface area contributed by atoms with Gasteiger partial charge in [0.2, 0.25) is 0 Å². The Kier molecular flexibility index (Phi) is 4.16. The maximum atomic E-state index is 12.4. The van der Waals surface area contributed by atoms with Gasteiger partial charge in [-0.2, -0.15) is 0 Å². The van der Waals surface area contributed by atoms with Crippen molar-refractivity contribution >= 4 is 17.0 Å². The SMILES string of the molecule is CCc1noc2ncc(C(=O)NCc3c(C)cc(C)[nH]c3=O)cc12. The molecule has 7 heteroatoms. The number of pyridine rings is 2. The molecule has 0 spiro atoms. The van der Waals surface area contributed by atoms with Gasteiger partial charge in [0.15, 0.2) is 0 Å². The maximum absolute atomic E-state index is 12.4. The Balaban J connectivity index is 1.82. The van der Waals surface area contributed by atoms with Crippen LogP contribution in [0.15, 0.2) is 27.6 Å². The van der Waals surface area contributed by atoms with E-state index in [2.05, 4.69) is 20.4 Å². The highest BCUT2D eigenvalue weighted by Gasteiger charge is 2.13. The molecule has 0 saturated heterocycles. The van der Waals surface area contributed by atoms with Gasteiger partial charge >= 0.3 is 0 Å². The summed E-state index contributed by atoms with van der Waals surface area (Å²) in [5.41, 5.74) is 3.57. The minimum Gasteiger partial charge on any atom is -0.348 e. The number of H-pyrrole nitrogens is 1. The van der Waals surface area contributed by atoms with E-state index in [1.807, 2.05) is 26.8 Å². The van der Waals surface area contributed by atoms with Gasteiger partial charge in [-0.15, -0.1) is 0 Å². The summed E-state index contributed by atoms with van der Waals surface area (Å²) >= 11 is 0. The molecule has 7 nitrogen and oxygen atoms in total. The van der Waals surface area contributed by atoms with Gasteiger partial charge in [-0.25, -0.2) is 4.98 Å². The zero-order chi connectivity index (χ0) is 17.3. The molecule has 3 aromatic rings. The molecule has 0 bridgehead atoms. The van der Waals surface area contributed by atoms with Crippen LogP contribution in [0.5, 0.6) is 0 Å². The van der Waals surface area contributed by atoms with E-state index in [1.54, 1.807) is 6.07 Å². The third kappa shape index (κ3) is 2.92. The number of fused-ring (bicyclic) bond motifs is 1. The summed E-state index contributed by atoms with van der Waals surface area (Å²) in [6, 6.07) is 3.58. The standard InChI is InChI=1S/C17H18N4O3/c1-4-14-12-6-11(7-19-17(12)24-21-14)15(22)18-8-13-9(2)5-10(3)20-16(13)23/h5-7H,4,8H2,1-3H3,(H,18,22)(H,20,23). The molecule has 0 saturated carbocycles. The highest BCUT2D eigenvalue weighted by molar-refractivity contribution is 5.96. The Morgan fingerprint density at radius 1 is 1.33 bits per heavy atom. The molecular weight excluding hydrogens is 308 g/mol. The number of aromatic nitrogens is 3. The quantitative estimate of drug-likeness (QED) is 0.764. The van der Waals surface area contributed by atoms with Gasteiger partial charge in [-0.05, 0) is 38.0 Å². The molecule has 124 valence electrons. The van der Waals surface area contributed by atoms with Crippen LogP contribution in [0, 0.1) is 13.8 Å². The maximum Gasteiger partial charge on any atom is 0.257 e. The Labute approximate surface area is 138 Å². The van der Waals surface area contributed by atoms with Crippen molar-refractivity contribution in [2.75, 3.05) is 0 Å². The topological polar surface area (TPSA) is 101 Å². The van der Waals surface area contributed by atoms with Crippen LogP contribution in [0.1, 0.15) is 39.8 Å². The van der Waals surface area contributed by atoms with Crippen LogP contribution in [0.2, 0.25) is 0 Å². The van der Waals surface area contributed by atoms with E-state index in [9.17, 15) is 9.59 Å². The summed E-state index contributed by atoms with van der Waals surface area (Å²) in [5.74, 6) is -0.299. The molecule has 0 aromatic carbocycles. The molecule has 0 aliphatic heterocycles. The summed E-state index contributed by atoms with van der Waals surface area (Å²) in [4.78, 5) is 31.2. The molecule has 3 rings (SSSR count). The largest absolute Gasteiger partial charge is 0.348 e. The minimum absolute atomic E-state index is 0.155. The van der Waals surface area contributed by atoms with Crippen molar-refractivity contribution in [3.63, 3.8) is 0 Å². The number of hydrogen-bond acceptors (Lipinski definition) is 5. The number of nitrogens with one attached hydrogen (secondary N) is 2. The van der Waals surface area contributed by atoms with Gasteiger partial charge in [-0.3, -0.25) is 9.59 Å². The minimum atomic E-state index is -0.299. The molecule has 24 heavy (non-hydrogen) atoms. The lowest BCUT2D eigenvalue weighted by atomic mass is 10.1. The number of amides is 1. The smallest absolute Gasteiger partial charge is 0.257 e. The second-order valence-corrected chi connectivity index (χ2v) is 5.69. The number of aromatic amines is 1. The molecule has 0 aliphatic rings. The number of aryl methyl sites for hydroxylation is 3. The lowest BCUT2D eigenvalue weighted by molar-refractivity contribution is 0.0950. The molecule has 0 fully saturated rings. The van der Waals surface area contributed by atoms with Crippen molar-refractivity contribution in [2.24, 2.45) is 0 Å². The second kappa shape index (κ2) is 6.27. The van der Waals surface area contributed by atoms with Crippen LogP contribution >= 0.6 is 0 Å². The summed E-state index contributed by atoms with van der Waals surface area (Å²) < 4.78 is 5.11. The Morgan fingerprint density at radius 3 is 2.83 bits per heavy atom. The van der Waals surface area contributed by atoms with Crippen molar-refractivity contribution in [2.45, 2.75) is 33.7 Å². The first-order chi connectivity index (χ1) is 11.5. The molecular formula is C17H18N4O3. The number of rotatable bonds is 4. The van der Waals surface area contributed by atoms with Crippen molar-refractivity contribution in [3.05, 3.63) is 56.8 Å². The van der Waals surface area contributed by atoms with Gasteiger partial charge in [0.25, 0.3) is 17.2 Å². The third-order valence-corrected chi connectivity index (χ3v) is 3.92. The van der Waals surface area contributed by atoms with E-state index in [1.165, 1.54) is 6.20 Å². The van der Waals surface area contributed by atoms with E-state index in [4.69, 9.17) is 4.52 Å². The summed E-state index contributed by atoms with van der Waals surface area (Å²) in [7, 11) is 0. The lowest BCUT2D eigenvalue weighted by Gasteiger charge is -2.08. The average Bonchev–Trinajstić information content (AvgIpc) is 2.95. The molecule has 3 heterocycles. The first-order valence-corrected chi connectivity index (χ1v) is 7.71. The van der Waals surface area contributed by atoms with Gasteiger partial charge in [-0.1, -0.05) is 12.1 Å². The third-order valence-electron chi connectivity index (χ3n) is 3.92. The fraction of sp³-hybridized carbons (Fsp3) is 0.294. The van der Waals surface area contributed by atoms with Gasteiger partial charge in [0, 0.05) is 24.0 Å². The first kappa shape index (κ1) is 15.9. The highest BCUT2D eigenvalue weighted by Crippen LogP contribution is 2.18. The second-order valence-electron chi connectivity index (χ2n) is 5.69. The molecule has 0 radical (unpaired) electrons.